The third kappa shape index (κ3) is 11.0. The van der Waals surface area contributed by atoms with Crippen LogP contribution in [0.25, 0.3) is 0 Å². The van der Waals surface area contributed by atoms with Gasteiger partial charge in [0.1, 0.15) is 0 Å². The Balaban J connectivity index is 0. The second kappa shape index (κ2) is 13.0. The summed E-state index contributed by atoms with van der Waals surface area (Å²) in [5.41, 5.74) is 5.40. The predicted molar refractivity (Wildman–Crippen MR) is 88.9 cm³/mol. The van der Waals surface area contributed by atoms with Gasteiger partial charge in [-0.25, -0.2) is 0 Å². The molecule has 0 heterocycles. The highest BCUT2D eigenvalue weighted by molar-refractivity contribution is 7.86. The van der Waals surface area contributed by atoms with E-state index >= 15 is 0 Å². The van der Waals surface area contributed by atoms with Gasteiger partial charge < -0.3 is 11.1 Å². The standard InChI is InChI=1S/C7H8O3S.C6H11NO.C2H7N/c1-10-11(8,9)7-5-3-2-4-6-7;1-3-4-5(2)6(7)8;1-3-2/h2-6H,1H3;2-4H2,1H3,(H2,7,8);3H,1-2H3. The summed E-state index contributed by atoms with van der Waals surface area (Å²) in [4.78, 5) is 10.4. The summed E-state index contributed by atoms with van der Waals surface area (Å²) >= 11 is 0. The maximum atomic E-state index is 11.0. The third-order valence-corrected chi connectivity index (χ3v) is 3.44. The van der Waals surface area contributed by atoms with Gasteiger partial charge in [0.15, 0.2) is 0 Å². The number of nitrogens with one attached hydrogen (secondary N) is 1. The average Bonchev–Trinajstić information content (AvgIpc) is 2.50. The SMILES string of the molecule is C=C(CCC)C(N)=O.CNC.COS(=O)(=O)c1ccccc1. The van der Waals surface area contributed by atoms with Crippen molar-refractivity contribution in [3.8, 4) is 0 Å². The Hall–Kier alpha value is -1.70. The first-order chi connectivity index (χ1) is 10.3. The number of carbonyl (C=O) groups is 1. The van der Waals surface area contributed by atoms with Crippen LogP contribution in [0.4, 0.5) is 0 Å². The van der Waals surface area contributed by atoms with E-state index in [1.165, 1.54) is 12.1 Å². The molecule has 1 aromatic carbocycles. The molecule has 0 aromatic heterocycles. The molecule has 0 atom stereocenters. The van der Waals surface area contributed by atoms with Crippen LogP contribution in [0.5, 0.6) is 0 Å². The lowest BCUT2D eigenvalue weighted by atomic mass is 10.2. The van der Waals surface area contributed by atoms with E-state index in [-0.39, 0.29) is 10.8 Å². The van der Waals surface area contributed by atoms with Gasteiger partial charge in [-0.1, -0.05) is 38.1 Å². The quantitative estimate of drug-likeness (QED) is 0.632. The van der Waals surface area contributed by atoms with Gasteiger partial charge in [0, 0.05) is 5.57 Å². The second-order valence-electron chi connectivity index (χ2n) is 4.15. The number of primary amides is 1. The topological polar surface area (TPSA) is 98.5 Å². The lowest BCUT2D eigenvalue weighted by molar-refractivity contribution is -0.114. The molecule has 0 unspecified atom stereocenters. The van der Waals surface area contributed by atoms with Gasteiger partial charge in [-0.15, -0.1) is 0 Å². The summed E-state index contributed by atoms with van der Waals surface area (Å²) in [6.45, 7) is 5.45. The zero-order chi connectivity index (χ0) is 17.6. The Kier molecular flexibility index (Phi) is 13.3. The van der Waals surface area contributed by atoms with Gasteiger partial charge in [0.05, 0.1) is 12.0 Å². The number of benzene rings is 1. The van der Waals surface area contributed by atoms with Crippen LogP contribution in [-0.4, -0.2) is 35.5 Å². The third-order valence-electron chi connectivity index (χ3n) is 2.15. The molecule has 0 fully saturated rings. The van der Waals surface area contributed by atoms with Crippen molar-refractivity contribution in [1.82, 2.24) is 5.32 Å². The van der Waals surface area contributed by atoms with Crippen molar-refractivity contribution in [2.24, 2.45) is 5.73 Å². The molecule has 126 valence electrons. The van der Waals surface area contributed by atoms with Crippen molar-refractivity contribution in [2.75, 3.05) is 21.2 Å². The Labute approximate surface area is 133 Å². The maximum Gasteiger partial charge on any atom is 0.296 e. The average molecular weight is 330 g/mol. The number of hydrogen-bond donors (Lipinski definition) is 2. The number of amides is 1. The molecule has 0 aliphatic rings. The van der Waals surface area contributed by atoms with Gasteiger partial charge in [-0.2, -0.15) is 8.42 Å². The number of nitrogens with two attached hydrogens (primary N) is 1. The minimum atomic E-state index is -3.50. The normalized spacial score (nSPS) is 9.64. The largest absolute Gasteiger partial charge is 0.366 e. The highest BCUT2D eigenvalue weighted by atomic mass is 32.2. The summed E-state index contributed by atoms with van der Waals surface area (Å²) in [7, 11) is 1.39. The van der Waals surface area contributed by atoms with Crippen molar-refractivity contribution < 1.29 is 17.4 Å². The fraction of sp³-hybridized carbons (Fsp3) is 0.400. The molecular weight excluding hydrogens is 304 g/mol. The van der Waals surface area contributed by atoms with E-state index in [0.29, 0.717) is 5.57 Å². The molecule has 3 N–H and O–H groups in total. The van der Waals surface area contributed by atoms with Crippen molar-refractivity contribution in [2.45, 2.75) is 24.7 Å². The van der Waals surface area contributed by atoms with E-state index in [1.54, 1.807) is 18.2 Å². The van der Waals surface area contributed by atoms with E-state index in [4.69, 9.17) is 5.73 Å². The maximum absolute atomic E-state index is 11.0. The molecular formula is C15H26N2O4S. The molecule has 0 saturated carbocycles. The smallest absolute Gasteiger partial charge is 0.296 e. The van der Waals surface area contributed by atoms with Crippen LogP contribution >= 0.6 is 0 Å². The first kappa shape index (κ1) is 22.6. The molecule has 0 saturated heterocycles. The van der Waals surface area contributed by atoms with Crippen molar-refractivity contribution in [3.05, 3.63) is 42.5 Å². The monoisotopic (exact) mass is 330 g/mol. The Morgan fingerprint density at radius 1 is 1.27 bits per heavy atom. The molecule has 7 heteroatoms. The summed E-state index contributed by atoms with van der Waals surface area (Å²) < 4.78 is 26.3. The van der Waals surface area contributed by atoms with E-state index in [9.17, 15) is 13.2 Å². The van der Waals surface area contributed by atoms with Crippen LogP contribution in [0.2, 0.25) is 0 Å². The molecule has 0 aliphatic heterocycles. The fourth-order valence-corrected chi connectivity index (χ4v) is 1.79. The molecule has 1 aromatic rings. The first-order valence-corrected chi connectivity index (χ1v) is 8.09. The number of hydrogen-bond acceptors (Lipinski definition) is 5. The summed E-state index contributed by atoms with van der Waals surface area (Å²) in [5, 5.41) is 2.75. The van der Waals surface area contributed by atoms with E-state index in [2.05, 4.69) is 16.1 Å². The lowest BCUT2D eigenvalue weighted by Crippen LogP contribution is -2.12. The summed E-state index contributed by atoms with van der Waals surface area (Å²) in [6, 6.07) is 8.00. The van der Waals surface area contributed by atoms with Crippen LogP contribution in [0.15, 0.2) is 47.4 Å². The number of rotatable bonds is 5. The van der Waals surface area contributed by atoms with Gasteiger partial charge in [-0.05, 0) is 32.6 Å². The van der Waals surface area contributed by atoms with Crippen LogP contribution in [-0.2, 0) is 19.1 Å². The molecule has 1 amide bonds. The minimum absolute atomic E-state index is 0.183. The van der Waals surface area contributed by atoms with Crippen molar-refractivity contribution in [3.63, 3.8) is 0 Å². The van der Waals surface area contributed by atoms with E-state index < -0.39 is 10.1 Å². The molecule has 6 nitrogen and oxygen atoms in total. The molecule has 1 rings (SSSR count). The second-order valence-corrected chi connectivity index (χ2v) is 5.86. The van der Waals surface area contributed by atoms with Crippen LogP contribution < -0.4 is 11.1 Å². The molecule has 0 radical (unpaired) electrons. The van der Waals surface area contributed by atoms with E-state index in [1.807, 2.05) is 21.0 Å². The molecule has 0 bridgehead atoms. The highest BCUT2D eigenvalue weighted by Crippen LogP contribution is 2.09. The molecule has 0 spiro atoms. The fourth-order valence-electron chi connectivity index (χ4n) is 1.11. The Bertz CT molecular complexity index is 528. The highest BCUT2D eigenvalue weighted by Gasteiger charge is 2.10. The van der Waals surface area contributed by atoms with Gasteiger partial charge in [-0.3, -0.25) is 8.98 Å². The summed E-state index contributed by atoms with van der Waals surface area (Å²) in [6.07, 6.45) is 1.65. The number of carbonyl (C=O) groups excluding carboxylic acids is 1. The summed E-state index contributed by atoms with van der Waals surface area (Å²) in [5.74, 6) is -0.383. The Morgan fingerprint density at radius 2 is 1.73 bits per heavy atom. The van der Waals surface area contributed by atoms with Crippen molar-refractivity contribution >= 4 is 16.0 Å². The first-order valence-electron chi connectivity index (χ1n) is 6.68. The molecule has 0 aliphatic carbocycles. The van der Waals surface area contributed by atoms with Gasteiger partial charge in [0.25, 0.3) is 10.1 Å². The van der Waals surface area contributed by atoms with Crippen molar-refractivity contribution in [1.29, 1.82) is 0 Å². The Morgan fingerprint density at radius 3 is 2.00 bits per heavy atom. The zero-order valence-electron chi connectivity index (χ0n) is 13.6. The van der Waals surface area contributed by atoms with Gasteiger partial charge in [0.2, 0.25) is 5.91 Å². The van der Waals surface area contributed by atoms with Crippen LogP contribution in [0.1, 0.15) is 19.8 Å². The van der Waals surface area contributed by atoms with Gasteiger partial charge >= 0.3 is 0 Å². The van der Waals surface area contributed by atoms with Crippen LogP contribution in [0, 0.1) is 0 Å². The predicted octanol–water partition coefficient (Wildman–Crippen LogP) is 1.69. The van der Waals surface area contributed by atoms with E-state index in [0.717, 1.165) is 20.0 Å². The zero-order valence-corrected chi connectivity index (χ0v) is 14.4. The van der Waals surface area contributed by atoms with Crippen LogP contribution in [0.3, 0.4) is 0 Å². The lowest BCUT2D eigenvalue weighted by Gasteiger charge is -1.98. The minimum Gasteiger partial charge on any atom is -0.366 e. The molecule has 22 heavy (non-hydrogen) atoms.